The molecule has 1 aromatic heterocycles. The van der Waals surface area contributed by atoms with Crippen molar-refractivity contribution in [3.8, 4) is 11.4 Å². The summed E-state index contributed by atoms with van der Waals surface area (Å²) in [6.07, 6.45) is 0. The number of hydrogen-bond donors (Lipinski definition) is 2. The summed E-state index contributed by atoms with van der Waals surface area (Å²) in [4.78, 5) is 13.3. The van der Waals surface area contributed by atoms with Crippen LogP contribution < -0.4 is 10.7 Å². The quantitative estimate of drug-likeness (QED) is 0.431. The Hall–Kier alpha value is -3.29. The van der Waals surface area contributed by atoms with Crippen molar-refractivity contribution in [2.75, 3.05) is 10.7 Å². The molecule has 0 fully saturated rings. The third-order valence-corrected chi connectivity index (χ3v) is 6.74. The number of carbonyl (C=O) groups excluding carboxylic acids is 1. The summed E-state index contributed by atoms with van der Waals surface area (Å²) in [5.41, 5.74) is 7.31. The van der Waals surface area contributed by atoms with Crippen LogP contribution in [0.3, 0.4) is 0 Å². The van der Waals surface area contributed by atoms with Crippen LogP contribution in [0.1, 0.15) is 17.2 Å². The normalized spacial score (nSPS) is 17.3. The van der Waals surface area contributed by atoms with Crippen LogP contribution in [-0.2, 0) is 4.79 Å². The molecule has 160 valence electrons. The van der Waals surface area contributed by atoms with Crippen LogP contribution in [0, 0.1) is 6.92 Å². The summed E-state index contributed by atoms with van der Waals surface area (Å²) in [7, 11) is 0. The summed E-state index contributed by atoms with van der Waals surface area (Å²) in [5, 5.41) is 12.5. The first-order valence-electron chi connectivity index (χ1n) is 10.2. The highest BCUT2D eigenvalue weighted by Gasteiger charge is 2.38. The Morgan fingerprint density at radius 2 is 1.72 bits per heavy atom. The van der Waals surface area contributed by atoms with Gasteiger partial charge in [0.2, 0.25) is 11.1 Å². The van der Waals surface area contributed by atoms with E-state index >= 15 is 0 Å². The molecular weight excluding hydrogens is 442 g/mol. The average Bonchev–Trinajstić information content (AvgIpc) is 3.24. The minimum absolute atomic E-state index is 0.120. The fourth-order valence-corrected chi connectivity index (χ4v) is 4.81. The minimum Gasteiger partial charge on any atom is -0.325 e. The lowest BCUT2D eigenvalue weighted by molar-refractivity contribution is -0.116. The molecule has 5 rings (SSSR count). The molecule has 1 aliphatic rings. The van der Waals surface area contributed by atoms with E-state index in [4.69, 9.17) is 11.6 Å². The van der Waals surface area contributed by atoms with Crippen molar-refractivity contribution in [3.05, 3.63) is 95.0 Å². The monoisotopic (exact) mass is 461 g/mol. The number of halogens is 1. The van der Waals surface area contributed by atoms with E-state index in [2.05, 4.69) is 33.1 Å². The third-order valence-electron chi connectivity index (χ3n) is 5.28. The summed E-state index contributed by atoms with van der Waals surface area (Å²) in [6.45, 7) is 2.04. The highest BCUT2D eigenvalue weighted by molar-refractivity contribution is 8.00. The zero-order chi connectivity index (χ0) is 22.1. The number of hydrogen-bond acceptors (Lipinski definition) is 5. The number of amides is 1. The van der Waals surface area contributed by atoms with Gasteiger partial charge >= 0.3 is 0 Å². The number of nitrogens with zero attached hydrogens (tertiary/aromatic N) is 3. The van der Waals surface area contributed by atoms with Gasteiger partial charge in [-0.05, 0) is 36.8 Å². The fourth-order valence-electron chi connectivity index (χ4n) is 3.60. The van der Waals surface area contributed by atoms with Gasteiger partial charge in [-0.3, -0.25) is 4.79 Å². The Bertz CT molecular complexity index is 1240. The molecule has 2 N–H and O–H groups in total. The third kappa shape index (κ3) is 4.09. The topological polar surface area (TPSA) is 71.8 Å². The van der Waals surface area contributed by atoms with E-state index in [1.165, 1.54) is 11.8 Å². The van der Waals surface area contributed by atoms with Crippen molar-refractivity contribution in [1.29, 1.82) is 0 Å². The van der Waals surface area contributed by atoms with Gasteiger partial charge in [-0.15, -0.1) is 10.2 Å². The van der Waals surface area contributed by atoms with Gasteiger partial charge in [0.15, 0.2) is 5.82 Å². The van der Waals surface area contributed by atoms with Crippen molar-refractivity contribution in [3.63, 3.8) is 0 Å². The lowest BCUT2D eigenvalue weighted by atomic mass is 10.0. The number of fused-ring (bicyclic) bond motifs is 1. The maximum absolute atomic E-state index is 13.3. The predicted octanol–water partition coefficient (Wildman–Crippen LogP) is 5.30. The van der Waals surface area contributed by atoms with Crippen LogP contribution in [0.2, 0.25) is 5.02 Å². The van der Waals surface area contributed by atoms with Crippen molar-refractivity contribution in [2.45, 2.75) is 23.4 Å². The highest BCUT2D eigenvalue weighted by atomic mass is 35.5. The number of nitrogens with one attached hydrogen (secondary N) is 2. The summed E-state index contributed by atoms with van der Waals surface area (Å²) >= 11 is 7.38. The molecule has 0 aliphatic carbocycles. The van der Waals surface area contributed by atoms with Crippen molar-refractivity contribution < 1.29 is 4.79 Å². The highest BCUT2D eigenvalue weighted by Crippen LogP contribution is 2.39. The minimum atomic E-state index is -0.450. The molecule has 0 spiro atoms. The molecule has 2 heterocycles. The van der Waals surface area contributed by atoms with Gasteiger partial charge in [-0.25, -0.2) is 4.68 Å². The van der Waals surface area contributed by atoms with Gasteiger partial charge in [0.25, 0.3) is 0 Å². The lowest BCUT2D eigenvalue weighted by Crippen LogP contribution is -2.41. The van der Waals surface area contributed by atoms with E-state index in [9.17, 15) is 4.79 Å². The van der Waals surface area contributed by atoms with Gasteiger partial charge in [0.05, 0.1) is 6.04 Å². The molecule has 6 nitrogen and oxygen atoms in total. The molecule has 0 radical (unpaired) electrons. The molecule has 1 aliphatic heterocycles. The molecule has 32 heavy (non-hydrogen) atoms. The number of thioether (sulfide) groups is 1. The van der Waals surface area contributed by atoms with Crippen LogP contribution in [0.4, 0.5) is 5.69 Å². The van der Waals surface area contributed by atoms with Crippen LogP contribution in [-0.4, -0.2) is 26.0 Å². The molecule has 0 bridgehead atoms. The molecule has 8 heteroatoms. The van der Waals surface area contributed by atoms with Crippen LogP contribution in [0.5, 0.6) is 0 Å². The SMILES string of the molecule is Cc1ccc([C@H]2Nn3c(nnc3-c3ccccc3)S[C@H]2C(=O)Nc2ccc(Cl)cc2)cc1. The number of rotatable bonds is 4. The standard InChI is InChI=1S/C24H20ClN5OS/c1-15-7-9-16(10-8-15)20-21(23(31)26-19-13-11-18(25)12-14-19)32-24-28-27-22(30(24)29-20)17-5-3-2-4-6-17/h2-14,20-21,29H,1H3,(H,26,31)/t20-,21-/m1/s1. The van der Waals surface area contributed by atoms with E-state index < -0.39 is 5.25 Å². The Morgan fingerprint density at radius 3 is 2.44 bits per heavy atom. The van der Waals surface area contributed by atoms with E-state index in [-0.39, 0.29) is 11.9 Å². The molecule has 2 atom stereocenters. The number of aryl methyl sites for hydroxylation is 1. The molecule has 0 unspecified atom stereocenters. The van der Waals surface area contributed by atoms with Crippen LogP contribution >= 0.6 is 23.4 Å². The van der Waals surface area contributed by atoms with Crippen molar-refractivity contribution in [1.82, 2.24) is 14.9 Å². The second-order valence-electron chi connectivity index (χ2n) is 7.56. The molecule has 0 saturated carbocycles. The Labute approximate surface area is 195 Å². The largest absolute Gasteiger partial charge is 0.325 e. The van der Waals surface area contributed by atoms with Gasteiger partial charge in [-0.1, -0.05) is 83.5 Å². The summed E-state index contributed by atoms with van der Waals surface area (Å²) in [5.74, 6) is 0.590. The first-order valence-corrected chi connectivity index (χ1v) is 11.4. The van der Waals surface area contributed by atoms with Crippen LogP contribution in [0.15, 0.2) is 84.0 Å². The summed E-state index contributed by atoms with van der Waals surface area (Å²) in [6, 6.07) is 24.9. The molecule has 3 aromatic carbocycles. The van der Waals surface area contributed by atoms with E-state index in [1.54, 1.807) is 24.3 Å². The molecular formula is C24H20ClN5OS. The molecule has 4 aromatic rings. The van der Waals surface area contributed by atoms with E-state index in [0.29, 0.717) is 21.7 Å². The first-order chi connectivity index (χ1) is 15.6. The second-order valence-corrected chi connectivity index (χ2v) is 9.10. The number of aromatic nitrogens is 3. The zero-order valence-electron chi connectivity index (χ0n) is 17.2. The second kappa shape index (κ2) is 8.68. The van der Waals surface area contributed by atoms with E-state index in [1.807, 2.05) is 54.1 Å². The van der Waals surface area contributed by atoms with Crippen LogP contribution in [0.25, 0.3) is 11.4 Å². The maximum Gasteiger partial charge on any atom is 0.240 e. The van der Waals surface area contributed by atoms with Gasteiger partial charge < -0.3 is 10.7 Å². The first kappa shape index (κ1) is 20.6. The zero-order valence-corrected chi connectivity index (χ0v) is 18.8. The fraction of sp³-hybridized carbons (Fsp3) is 0.125. The number of anilines is 1. The van der Waals surface area contributed by atoms with Gasteiger partial charge in [0.1, 0.15) is 5.25 Å². The molecule has 1 amide bonds. The maximum atomic E-state index is 13.3. The summed E-state index contributed by atoms with van der Waals surface area (Å²) < 4.78 is 1.87. The van der Waals surface area contributed by atoms with Crippen molar-refractivity contribution >= 4 is 35.0 Å². The van der Waals surface area contributed by atoms with E-state index in [0.717, 1.165) is 16.7 Å². The number of carbonyl (C=O) groups is 1. The Morgan fingerprint density at radius 1 is 1.00 bits per heavy atom. The number of benzene rings is 3. The van der Waals surface area contributed by atoms with Crippen molar-refractivity contribution in [2.24, 2.45) is 0 Å². The Kier molecular flexibility index (Phi) is 5.59. The predicted molar refractivity (Wildman–Crippen MR) is 128 cm³/mol. The average molecular weight is 462 g/mol. The smallest absolute Gasteiger partial charge is 0.240 e. The van der Waals surface area contributed by atoms with Gasteiger partial charge in [0, 0.05) is 16.3 Å². The van der Waals surface area contributed by atoms with Gasteiger partial charge in [-0.2, -0.15) is 0 Å². The lowest BCUT2D eigenvalue weighted by Gasteiger charge is -2.33. The Balaban J connectivity index is 1.50. The molecule has 0 saturated heterocycles.